The first-order chi connectivity index (χ1) is 12.7. The van der Waals surface area contributed by atoms with Crippen molar-refractivity contribution in [2.75, 3.05) is 18.0 Å². The van der Waals surface area contributed by atoms with Crippen molar-refractivity contribution in [1.29, 1.82) is 0 Å². The van der Waals surface area contributed by atoms with Crippen molar-refractivity contribution >= 4 is 11.7 Å². The maximum Gasteiger partial charge on any atom is 0.338 e. The van der Waals surface area contributed by atoms with Crippen LogP contribution in [0.5, 0.6) is 0 Å². The van der Waals surface area contributed by atoms with Gasteiger partial charge >= 0.3 is 5.97 Å². The molecule has 4 nitrogen and oxygen atoms in total. The molecule has 1 aliphatic rings. The summed E-state index contributed by atoms with van der Waals surface area (Å²) in [6.45, 7) is 7.20. The van der Waals surface area contributed by atoms with Gasteiger partial charge in [0.15, 0.2) is 0 Å². The minimum Gasteiger partial charge on any atom is -0.456 e. The summed E-state index contributed by atoms with van der Waals surface area (Å²) >= 11 is 0. The van der Waals surface area contributed by atoms with E-state index >= 15 is 0 Å². The predicted octanol–water partition coefficient (Wildman–Crippen LogP) is 4.22. The number of rotatable bonds is 4. The molecule has 0 saturated carbocycles. The molecule has 144 valence electrons. The number of benzene rings is 2. The highest BCUT2D eigenvalue weighted by atomic mass is 16.6. The molecule has 0 spiro atoms. The number of carbonyl (C=O) groups excluding carboxylic acids is 1. The van der Waals surface area contributed by atoms with Crippen LogP contribution < -0.4 is 4.90 Å². The Hall–Kier alpha value is -2.33. The Morgan fingerprint density at radius 2 is 1.63 bits per heavy atom. The van der Waals surface area contributed by atoms with Crippen molar-refractivity contribution in [2.45, 2.75) is 51.2 Å². The van der Waals surface area contributed by atoms with Gasteiger partial charge in [-0.3, -0.25) is 0 Å². The van der Waals surface area contributed by atoms with E-state index in [0.717, 1.165) is 31.6 Å². The quantitative estimate of drug-likeness (QED) is 0.822. The lowest BCUT2D eigenvalue weighted by atomic mass is 9.85. The van der Waals surface area contributed by atoms with Crippen molar-refractivity contribution in [3.63, 3.8) is 0 Å². The second kappa shape index (κ2) is 7.73. The predicted molar refractivity (Wildman–Crippen MR) is 108 cm³/mol. The van der Waals surface area contributed by atoms with Crippen LogP contribution in [0.1, 0.15) is 49.5 Å². The van der Waals surface area contributed by atoms with Gasteiger partial charge in [0.2, 0.25) is 0 Å². The molecule has 0 amide bonds. The fraction of sp³-hybridized carbons (Fsp3) is 0.435. The molecule has 1 saturated heterocycles. The summed E-state index contributed by atoms with van der Waals surface area (Å²) in [7, 11) is 0. The number of nitrogens with zero attached hydrogens (tertiary/aromatic N) is 1. The first kappa shape index (κ1) is 19.4. The van der Waals surface area contributed by atoms with Crippen LogP contribution in [0, 0.1) is 0 Å². The maximum atomic E-state index is 12.1. The zero-order chi connectivity index (χ0) is 19.5. The van der Waals surface area contributed by atoms with E-state index in [0.29, 0.717) is 12.0 Å². The lowest BCUT2D eigenvalue weighted by Crippen LogP contribution is -2.45. The van der Waals surface area contributed by atoms with Gasteiger partial charge in [-0.15, -0.1) is 0 Å². The van der Waals surface area contributed by atoms with Crippen LogP contribution in [-0.2, 0) is 11.2 Å². The van der Waals surface area contributed by atoms with Crippen LogP contribution in [0.15, 0.2) is 54.6 Å². The van der Waals surface area contributed by atoms with E-state index in [1.807, 2.05) is 63.2 Å². The largest absolute Gasteiger partial charge is 0.456 e. The standard InChI is InChI=1S/C23H29NO3/c1-22(2,3)27-21(25)19-9-11-20(12-10-19)24-15-13-23(26,14-16-24)17-18-7-5-4-6-8-18/h4-12,26H,13-17H2,1-3H3. The van der Waals surface area contributed by atoms with E-state index in [9.17, 15) is 9.90 Å². The molecule has 0 bridgehead atoms. The molecule has 4 heteroatoms. The molecule has 2 aromatic carbocycles. The first-order valence-electron chi connectivity index (χ1n) is 9.59. The van der Waals surface area contributed by atoms with Crippen molar-refractivity contribution in [1.82, 2.24) is 0 Å². The minimum absolute atomic E-state index is 0.301. The Balaban J connectivity index is 1.58. The van der Waals surface area contributed by atoms with E-state index < -0.39 is 11.2 Å². The number of anilines is 1. The van der Waals surface area contributed by atoms with Crippen LogP contribution in [0.3, 0.4) is 0 Å². The Morgan fingerprint density at radius 1 is 1.04 bits per heavy atom. The van der Waals surface area contributed by atoms with E-state index in [4.69, 9.17) is 4.74 Å². The Labute approximate surface area is 161 Å². The van der Waals surface area contributed by atoms with E-state index in [-0.39, 0.29) is 5.97 Å². The average Bonchev–Trinajstić information content (AvgIpc) is 2.62. The molecule has 0 radical (unpaired) electrons. The van der Waals surface area contributed by atoms with Crippen molar-refractivity contribution in [2.24, 2.45) is 0 Å². The van der Waals surface area contributed by atoms with Crippen LogP contribution in [0.2, 0.25) is 0 Å². The highest BCUT2D eigenvalue weighted by molar-refractivity contribution is 5.90. The number of carbonyl (C=O) groups is 1. The monoisotopic (exact) mass is 367 g/mol. The summed E-state index contributed by atoms with van der Waals surface area (Å²) in [5.74, 6) is -0.301. The fourth-order valence-electron chi connectivity index (χ4n) is 3.48. The second-order valence-electron chi connectivity index (χ2n) is 8.42. The highest BCUT2D eigenvalue weighted by Gasteiger charge is 2.32. The topological polar surface area (TPSA) is 49.8 Å². The molecule has 27 heavy (non-hydrogen) atoms. The number of esters is 1. The SMILES string of the molecule is CC(C)(C)OC(=O)c1ccc(N2CCC(O)(Cc3ccccc3)CC2)cc1. The van der Waals surface area contributed by atoms with Gasteiger partial charge in [-0.05, 0) is 63.4 Å². The molecular weight excluding hydrogens is 338 g/mol. The minimum atomic E-state index is -0.645. The van der Waals surface area contributed by atoms with Crippen molar-refractivity contribution < 1.29 is 14.6 Å². The van der Waals surface area contributed by atoms with Gasteiger partial charge in [0.1, 0.15) is 5.60 Å². The summed E-state index contributed by atoms with van der Waals surface area (Å²) in [5, 5.41) is 10.9. The van der Waals surface area contributed by atoms with Gasteiger partial charge in [0, 0.05) is 25.2 Å². The number of ether oxygens (including phenoxy) is 1. The summed E-state index contributed by atoms with van der Waals surface area (Å²) < 4.78 is 5.41. The van der Waals surface area contributed by atoms with Crippen LogP contribution in [0.4, 0.5) is 5.69 Å². The van der Waals surface area contributed by atoms with Crippen LogP contribution in [-0.4, -0.2) is 35.4 Å². The molecule has 3 rings (SSSR count). The lowest BCUT2D eigenvalue weighted by molar-refractivity contribution is 0.00692. The van der Waals surface area contributed by atoms with Gasteiger partial charge in [-0.1, -0.05) is 30.3 Å². The molecule has 0 atom stereocenters. The number of aliphatic hydroxyl groups is 1. The second-order valence-corrected chi connectivity index (χ2v) is 8.42. The third kappa shape index (κ3) is 5.33. The summed E-state index contributed by atoms with van der Waals surface area (Å²) in [6.07, 6.45) is 2.16. The third-order valence-electron chi connectivity index (χ3n) is 4.94. The zero-order valence-corrected chi connectivity index (χ0v) is 16.4. The van der Waals surface area contributed by atoms with Crippen LogP contribution in [0.25, 0.3) is 0 Å². The van der Waals surface area contributed by atoms with E-state index in [1.54, 1.807) is 0 Å². The number of piperidine rings is 1. The maximum absolute atomic E-state index is 12.1. The van der Waals surface area contributed by atoms with Gasteiger partial charge < -0.3 is 14.7 Å². The summed E-state index contributed by atoms with van der Waals surface area (Å²) in [4.78, 5) is 14.4. The summed E-state index contributed by atoms with van der Waals surface area (Å²) in [5.41, 5.74) is 1.67. The van der Waals surface area contributed by atoms with Gasteiger partial charge in [-0.2, -0.15) is 0 Å². The molecule has 2 aromatic rings. The fourth-order valence-corrected chi connectivity index (χ4v) is 3.48. The number of hydrogen-bond acceptors (Lipinski definition) is 4. The lowest BCUT2D eigenvalue weighted by Gasteiger charge is -2.39. The van der Waals surface area contributed by atoms with E-state index in [1.165, 1.54) is 5.56 Å². The van der Waals surface area contributed by atoms with Crippen molar-refractivity contribution in [3.8, 4) is 0 Å². The van der Waals surface area contributed by atoms with Gasteiger partial charge in [0.25, 0.3) is 0 Å². The normalized spacial score (nSPS) is 16.8. The van der Waals surface area contributed by atoms with Gasteiger partial charge in [0.05, 0.1) is 11.2 Å². The molecular formula is C23H29NO3. The van der Waals surface area contributed by atoms with Crippen LogP contribution >= 0.6 is 0 Å². The molecule has 1 heterocycles. The molecule has 0 unspecified atom stereocenters. The smallest absolute Gasteiger partial charge is 0.338 e. The summed E-state index contributed by atoms with van der Waals surface area (Å²) in [6, 6.07) is 17.7. The Bertz CT molecular complexity index is 754. The van der Waals surface area contributed by atoms with Gasteiger partial charge in [-0.25, -0.2) is 4.79 Å². The molecule has 0 aromatic heterocycles. The molecule has 0 aliphatic carbocycles. The average molecular weight is 367 g/mol. The Morgan fingerprint density at radius 3 is 2.19 bits per heavy atom. The Kier molecular flexibility index (Phi) is 5.56. The number of hydrogen-bond donors (Lipinski definition) is 1. The van der Waals surface area contributed by atoms with Crippen molar-refractivity contribution in [3.05, 3.63) is 65.7 Å². The van der Waals surface area contributed by atoms with E-state index in [2.05, 4.69) is 17.0 Å². The first-order valence-corrected chi connectivity index (χ1v) is 9.59. The zero-order valence-electron chi connectivity index (χ0n) is 16.4. The molecule has 1 N–H and O–H groups in total. The molecule has 1 fully saturated rings. The third-order valence-corrected chi connectivity index (χ3v) is 4.94. The highest BCUT2D eigenvalue weighted by Crippen LogP contribution is 2.29. The molecule has 1 aliphatic heterocycles.